The first-order valence-corrected chi connectivity index (χ1v) is 5.87. The third kappa shape index (κ3) is 1.94. The van der Waals surface area contributed by atoms with Crippen molar-refractivity contribution in [2.45, 2.75) is 3.74 Å². The van der Waals surface area contributed by atoms with Gasteiger partial charge in [0.1, 0.15) is 0 Å². The van der Waals surface area contributed by atoms with Crippen molar-refractivity contribution in [2.24, 2.45) is 0 Å². The maximum Gasteiger partial charge on any atom is 0.0946 e. The molecule has 0 saturated carbocycles. The maximum atomic E-state index is 3.48. The van der Waals surface area contributed by atoms with Crippen molar-refractivity contribution in [1.82, 2.24) is 0 Å². The Hall–Kier alpha value is -0.340. The number of hydrogen-bond donors (Lipinski definition) is 0. The van der Waals surface area contributed by atoms with Crippen molar-refractivity contribution >= 4 is 42.6 Å². The molecular weight excluding hydrogens is 292 g/mol. The van der Waals surface area contributed by atoms with E-state index in [0.29, 0.717) is 0 Å². The summed E-state index contributed by atoms with van der Waals surface area (Å²) in [6.45, 7) is 0. The molecule has 0 N–H and O–H groups in total. The Bertz CT molecular complexity index is 421. The fourth-order valence-electron chi connectivity index (χ4n) is 1.34. The first kappa shape index (κ1) is 9.22. The Labute approximate surface area is 94.2 Å². The Kier molecular flexibility index (Phi) is 2.70. The van der Waals surface area contributed by atoms with Crippen LogP contribution in [-0.4, -0.2) is 0 Å². The summed E-state index contributed by atoms with van der Waals surface area (Å²) in [5.41, 5.74) is 1.25. The van der Waals surface area contributed by atoms with E-state index in [1.54, 1.807) is 0 Å². The van der Waals surface area contributed by atoms with Crippen LogP contribution in [0, 0.1) is 0 Å². The van der Waals surface area contributed by atoms with Gasteiger partial charge in [0.05, 0.1) is 3.74 Å². The molecule has 0 aliphatic heterocycles. The summed E-state index contributed by atoms with van der Waals surface area (Å²) in [5.74, 6) is 0. The largest absolute Gasteiger partial charge is 0.0946 e. The molecule has 0 aliphatic carbocycles. The first-order chi connectivity index (χ1) is 6.27. The van der Waals surface area contributed by atoms with Gasteiger partial charge in [-0.3, -0.25) is 0 Å². The molecule has 0 fully saturated rings. The number of rotatable bonds is 1. The standard InChI is InChI=1S/C11H8Br2/c12-11(13)10-6-5-8-3-1-2-4-9(8)7-10/h1-7,11H. The van der Waals surface area contributed by atoms with Gasteiger partial charge in [-0.25, -0.2) is 0 Å². The number of benzene rings is 2. The highest BCUT2D eigenvalue weighted by Gasteiger charge is 2.02. The van der Waals surface area contributed by atoms with Crippen molar-refractivity contribution in [1.29, 1.82) is 0 Å². The molecule has 13 heavy (non-hydrogen) atoms. The van der Waals surface area contributed by atoms with Gasteiger partial charge in [0.2, 0.25) is 0 Å². The van der Waals surface area contributed by atoms with Gasteiger partial charge in [-0.05, 0) is 22.4 Å². The molecule has 0 bridgehead atoms. The lowest BCUT2D eigenvalue weighted by Gasteiger charge is -2.03. The van der Waals surface area contributed by atoms with E-state index in [1.807, 2.05) is 0 Å². The molecule has 0 saturated heterocycles. The van der Waals surface area contributed by atoms with Gasteiger partial charge in [-0.2, -0.15) is 0 Å². The first-order valence-electron chi connectivity index (χ1n) is 4.04. The van der Waals surface area contributed by atoms with Gasteiger partial charge in [0.15, 0.2) is 0 Å². The minimum absolute atomic E-state index is 0.240. The number of halogens is 2. The fourth-order valence-corrected chi connectivity index (χ4v) is 1.91. The third-order valence-electron chi connectivity index (χ3n) is 2.03. The minimum atomic E-state index is 0.240. The van der Waals surface area contributed by atoms with Gasteiger partial charge in [0.25, 0.3) is 0 Å². The van der Waals surface area contributed by atoms with E-state index < -0.39 is 0 Å². The van der Waals surface area contributed by atoms with Crippen molar-refractivity contribution in [2.75, 3.05) is 0 Å². The predicted octanol–water partition coefficient (Wildman–Crippen LogP) is 4.63. The Morgan fingerprint density at radius 1 is 0.846 bits per heavy atom. The molecule has 2 aromatic rings. The average molecular weight is 300 g/mol. The molecular formula is C11H8Br2. The van der Waals surface area contributed by atoms with Crippen LogP contribution in [0.1, 0.15) is 9.30 Å². The minimum Gasteiger partial charge on any atom is -0.0712 e. The van der Waals surface area contributed by atoms with E-state index >= 15 is 0 Å². The normalized spacial score (nSPS) is 11.0. The molecule has 0 aromatic heterocycles. The van der Waals surface area contributed by atoms with E-state index in [4.69, 9.17) is 0 Å². The Morgan fingerprint density at radius 3 is 2.23 bits per heavy atom. The summed E-state index contributed by atoms with van der Waals surface area (Å²) in [5, 5.41) is 2.57. The zero-order valence-corrected chi connectivity index (χ0v) is 10.0. The SMILES string of the molecule is BrC(Br)c1ccc2ccccc2c1. The van der Waals surface area contributed by atoms with E-state index in [9.17, 15) is 0 Å². The molecule has 0 atom stereocenters. The van der Waals surface area contributed by atoms with Crippen LogP contribution in [0.15, 0.2) is 42.5 Å². The summed E-state index contributed by atoms with van der Waals surface area (Å²) in [4.78, 5) is 0. The van der Waals surface area contributed by atoms with Gasteiger partial charge in [-0.1, -0.05) is 68.3 Å². The maximum absolute atomic E-state index is 3.48. The Balaban J connectivity index is 2.62. The molecule has 2 aromatic carbocycles. The second kappa shape index (κ2) is 3.81. The summed E-state index contributed by atoms with van der Waals surface area (Å²) < 4.78 is 0.240. The highest BCUT2D eigenvalue weighted by Crippen LogP contribution is 2.30. The second-order valence-electron chi connectivity index (χ2n) is 2.91. The van der Waals surface area contributed by atoms with Crippen LogP contribution in [0.3, 0.4) is 0 Å². The van der Waals surface area contributed by atoms with Gasteiger partial charge >= 0.3 is 0 Å². The van der Waals surface area contributed by atoms with Gasteiger partial charge in [0, 0.05) is 0 Å². The van der Waals surface area contributed by atoms with Crippen LogP contribution >= 0.6 is 31.9 Å². The molecule has 66 valence electrons. The molecule has 2 heteroatoms. The highest BCUT2D eigenvalue weighted by molar-refractivity contribution is 9.24. The molecule has 0 aliphatic rings. The molecule has 0 amide bonds. The molecule has 0 radical (unpaired) electrons. The number of fused-ring (bicyclic) bond motifs is 1. The van der Waals surface area contributed by atoms with Crippen LogP contribution < -0.4 is 0 Å². The zero-order valence-electron chi connectivity index (χ0n) is 6.87. The second-order valence-corrected chi connectivity index (χ2v) is 5.97. The number of hydrogen-bond acceptors (Lipinski definition) is 0. The van der Waals surface area contributed by atoms with E-state index in [0.717, 1.165) is 0 Å². The predicted molar refractivity (Wildman–Crippen MR) is 64.5 cm³/mol. The summed E-state index contributed by atoms with van der Waals surface area (Å²) in [6.07, 6.45) is 0. The van der Waals surface area contributed by atoms with Crippen molar-refractivity contribution < 1.29 is 0 Å². The zero-order chi connectivity index (χ0) is 9.26. The molecule has 0 spiro atoms. The summed E-state index contributed by atoms with van der Waals surface area (Å²) >= 11 is 6.97. The molecule has 2 rings (SSSR count). The van der Waals surface area contributed by atoms with E-state index in [2.05, 4.69) is 74.3 Å². The van der Waals surface area contributed by atoms with Crippen molar-refractivity contribution in [3.63, 3.8) is 0 Å². The fraction of sp³-hybridized carbons (Fsp3) is 0.0909. The molecule has 0 unspecified atom stereocenters. The van der Waals surface area contributed by atoms with Gasteiger partial charge in [-0.15, -0.1) is 0 Å². The lowest BCUT2D eigenvalue weighted by atomic mass is 10.1. The number of alkyl halides is 2. The quantitative estimate of drug-likeness (QED) is 0.674. The van der Waals surface area contributed by atoms with Crippen molar-refractivity contribution in [3.05, 3.63) is 48.0 Å². The third-order valence-corrected chi connectivity index (χ3v) is 3.08. The molecule has 0 heterocycles. The Morgan fingerprint density at radius 2 is 1.54 bits per heavy atom. The summed E-state index contributed by atoms with van der Waals surface area (Å²) in [6, 6.07) is 14.8. The molecule has 0 nitrogen and oxygen atoms in total. The lowest BCUT2D eigenvalue weighted by Crippen LogP contribution is -1.80. The summed E-state index contributed by atoms with van der Waals surface area (Å²) in [7, 11) is 0. The monoisotopic (exact) mass is 298 g/mol. The van der Waals surface area contributed by atoms with Crippen LogP contribution in [0.5, 0.6) is 0 Å². The van der Waals surface area contributed by atoms with E-state index in [-0.39, 0.29) is 3.74 Å². The lowest BCUT2D eigenvalue weighted by molar-refractivity contribution is 1.45. The van der Waals surface area contributed by atoms with Crippen LogP contribution in [-0.2, 0) is 0 Å². The highest BCUT2D eigenvalue weighted by atomic mass is 79.9. The average Bonchev–Trinajstić information content (AvgIpc) is 2.17. The van der Waals surface area contributed by atoms with Gasteiger partial charge < -0.3 is 0 Å². The smallest absolute Gasteiger partial charge is 0.0712 e. The van der Waals surface area contributed by atoms with E-state index in [1.165, 1.54) is 16.3 Å². The van der Waals surface area contributed by atoms with Crippen LogP contribution in [0.25, 0.3) is 10.8 Å². The van der Waals surface area contributed by atoms with Crippen molar-refractivity contribution in [3.8, 4) is 0 Å². The topological polar surface area (TPSA) is 0 Å². The van der Waals surface area contributed by atoms with Crippen LogP contribution in [0.4, 0.5) is 0 Å². The van der Waals surface area contributed by atoms with Crippen LogP contribution in [0.2, 0.25) is 0 Å².